The Balaban J connectivity index is 1.89. The fraction of sp³-hybridized carbons (Fsp3) is 0.625. The number of phenols is 1. The van der Waals surface area contributed by atoms with Crippen LogP contribution in [0.15, 0.2) is 18.2 Å². The number of aromatic hydroxyl groups is 1. The molecule has 0 amide bonds. The van der Waals surface area contributed by atoms with Gasteiger partial charge in [-0.1, -0.05) is 12.1 Å². The van der Waals surface area contributed by atoms with Crippen molar-refractivity contribution in [3.8, 4) is 5.75 Å². The number of benzene rings is 1. The van der Waals surface area contributed by atoms with Crippen LogP contribution in [0.25, 0.3) is 0 Å². The van der Waals surface area contributed by atoms with Gasteiger partial charge in [0.1, 0.15) is 5.75 Å². The van der Waals surface area contributed by atoms with E-state index in [2.05, 4.69) is 24.8 Å². The third kappa shape index (κ3) is 2.49. The van der Waals surface area contributed by atoms with Gasteiger partial charge in [0.05, 0.1) is 12.2 Å². The first-order valence-corrected chi connectivity index (χ1v) is 7.26. The van der Waals surface area contributed by atoms with Crippen LogP contribution in [-0.4, -0.2) is 35.3 Å². The molecule has 2 aliphatic rings. The molecule has 1 unspecified atom stereocenters. The molecule has 1 heterocycles. The zero-order valence-corrected chi connectivity index (χ0v) is 11.9. The van der Waals surface area contributed by atoms with Gasteiger partial charge in [-0.3, -0.25) is 4.90 Å². The first-order valence-electron chi connectivity index (χ1n) is 7.26. The summed E-state index contributed by atoms with van der Waals surface area (Å²) in [5.74, 6) is 0.467. The van der Waals surface area contributed by atoms with Crippen molar-refractivity contribution in [2.45, 2.75) is 44.8 Å². The second-order valence-corrected chi connectivity index (χ2v) is 6.33. The minimum absolute atomic E-state index is 0.0628. The monoisotopic (exact) mass is 261 g/mol. The van der Waals surface area contributed by atoms with E-state index in [4.69, 9.17) is 4.74 Å². The summed E-state index contributed by atoms with van der Waals surface area (Å²) < 4.78 is 5.81. The average Bonchev–Trinajstić information content (AvgIpc) is 2.37. The maximum atomic E-state index is 10.0. The molecular weight excluding hydrogens is 238 g/mol. The summed E-state index contributed by atoms with van der Waals surface area (Å²) in [4.78, 5) is 2.53. The van der Waals surface area contributed by atoms with Gasteiger partial charge in [0.25, 0.3) is 0 Å². The molecule has 3 rings (SSSR count). The van der Waals surface area contributed by atoms with Gasteiger partial charge >= 0.3 is 0 Å². The standard InChI is InChI=1S/C16H23NO2/c1-16(2)11-17(9-10-19-16)14-7-3-6-13-12(14)5-4-8-15(13)18/h4-5,8,14,18H,3,6-7,9-11H2,1-2H3. The quantitative estimate of drug-likeness (QED) is 0.843. The van der Waals surface area contributed by atoms with E-state index in [-0.39, 0.29) is 5.60 Å². The van der Waals surface area contributed by atoms with Gasteiger partial charge in [0.15, 0.2) is 0 Å². The van der Waals surface area contributed by atoms with Crippen LogP contribution in [0.1, 0.15) is 43.9 Å². The van der Waals surface area contributed by atoms with Crippen LogP contribution in [-0.2, 0) is 11.2 Å². The summed E-state index contributed by atoms with van der Waals surface area (Å²) in [5, 5.41) is 10.0. The molecule has 104 valence electrons. The molecule has 3 heteroatoms. The van der Waals surface area contributed by atoms with Gasteiger partial charge in [-0.25, -0.2) is 0 Å². The van der Waals surface area contributed by atoms with E-state index in [1.54, 1.807) is 0 Å². The van der Waals surface area contributed by atoms with Crippen LogP contribution in [0, 0.1) is 0 Å². The van der Waals surface area contributed by atoms with E-state index < -0.39 is 0 Å². The summed E-state index contributed by atoms with van der Waals surface area (Å²) in [6, 6.07) is 6.41. The lowest BCUT2D eigenvalue weighted by atomic mass is 9.85. The molecule has 1 aliphatic carbocycles. The molecule has 19 heavy (non-hydrogen) atoms. The lowest BCUT2D eigenvalue weighted by molar-refractivity contribution is -0.0992. The van der Waals surface area contributed by atoms with Crippen molar-refractivity contribution < 1.29 is 9.84 Å². The highest BCUT2D eigenvalue weighted by molar-refractivity contribution is 5.42. The van der Waals surface area contributed by atoms with Crippen molar-refractivity contribution in [2.24, 2.45) is 0 Å². The molecule has 0 radical (unpaired) electrons. The van der Waals surface area contributed by atoms with Crippen molar-refractivity contribution in [3.63, 3.8) is 0 Å². The summed E-state index contributed by atoms with van der Waals surface area (Å²) in [6.45, 7) is 7.07. The lowest BCUT2D eigenvalue weighted by Gasteiger charge is -2.44. The summed E-state index contributed by atoms with van der Waals surface area (Å²) in [6.07, 6.45) is 3.35. The van der Waals surface area contributed by atoms with Gasteiger partial charge in [0, 0.05) is 19.1 Å². The number of hydrogen-bond acceptors (Lipinski definition) is 3. The average molecular weight is 261 g/mol. The van der Waals surface area contributed by atoms with Crippen molar-refractivity contribution in [1.29, 1.82) is 0 Å². The van der Waals surface area contributed by atoms with Crippen LogP contribution in [0.3, 0.4) is 0 Å². The first-order chi connectivity index (χ1) is 9.07. The predicted octanol–water partition coefficient (Wildman–Crippen LogP) is 2.88. The molecule has 0 saturated carbocycles. The van der Waals surface area contributed by atoms with E-state index in [1.807, 2.05) is 12.1 Å². The molecule has 1 saturated heterocycles. The van der Waals surface area contributed by atoms with Gasteiger partial charge in [0.2, 0.25) is 0 Å². The molecule has 0 aromatic heterocycles. The van der Waals surface area contributed by atoms with Gasteiger partial charge in [-0.2, -0.15) is 0 Å². The van der Waals surface area contributed by atoms with Crippen molar-refractivity contribution >= 4 is 0 Å². The molecule has 0 bridgehead atoms. The molecule has 1 aromatic rings. The Morgan fingerprint density at radius 3 is 3.00 bits per heavy atom. The second kappa shape index (κ2) is 4.80. The fourth-order valence-corrected chi connectivity index (χ4v) is 3.50. The maximum absolute atomic E-state index is 10.0. The minimum atomic E-state index is -0.0628. The molecule has 1 N–H and O–H groups in total. The SMILES string of the molecule is CC1(C)CN(C2CCCc3c(O)cccc32)CCO1. The Morgan fingerprint density at radius 2 is 2.21 bits per heavy atom. The minimum Gasteiger partial charge on any atom is -0.508 e. The number of rotatable bonds is 1. The van der Waals surface area contributed by atoms with E-state index in [9.17, 15) is 5.11 Å². The number of morpholine rings is 1. The summed E-state index contributed by atoms with van der Waals surface area (Å²) in [7, 11) is 0. The molecular formula is C16H23NO2. The van der Waals surface area contributed by atoms with E-state index in [0.29, 0.717) is 11.8 Å². The molecule has 1 aromatic carbocycles. The van der Waals surface area contributed by atoms with Crippen LogP contribution >= 0.6 is 0 Å². The smallest absolute Gasteiger partial charge is 0.119 e. The van der Waals surface area contributed by atoms with E-state index >= 15 is 0 Å². The molecule has 1 atom stereocenters. The Hall–Kier alpha value is -1.06. The Bertz CT molecular complexity index is 470. The number of phenolic OH excluding ortho intramolecular Hbond substituents is 1. The van der Waals surface area contributed by atoms with Gasteiger partial charge in [-0.15, -0.1) is 0 Å². The highest BCUT2D eigenvalue weighted by Gasteiger charge is 2.34. The molecule has 1 aliphatic heterocycles. The third-order valence-electron chi connectivity index (χ3n) is 4.35. The number of hydrogen-bond donors (Lipinski definition) is 1. The van der Waals surface area contributed by atoms with Crippen molar-refractivity contribution in [3.05, 3.63) is 29.3 Å². The number of fused-ring (bicyclic) bond motifs is 1. The van der Waals surface area contributed by atoms with Crippen molar-refractivity contribution in [1.82, 2.24) is 4.90 Å². The number of nitrogens with zero attached hydrogens (tertiary/aromatic N) is 1. The molecule has 0 spiro atoms. The summed E-state index contributed by atoms with van der Waals surface area (Å²) >= 11 is 0. The third-order valence-corrected chi connectivity index (χ3v) is 4.35. The lowest BCUT2D eigenvalue weighted by Crippen LogP contribution is -2.49. The first kappa shape index (κ1) is 12.9. The maximum Gasteiger partial charge on any atom is 0.119 e. The predicted molar refractivity (Wildman–Crippen MR) is 75.4 cm³/mol. The number of ether oxygens (including phenoxy) is 1. The Kier molecular flexibility index (Phi) is 3.27. The van der Waals surface area contributed by atoms with Gasteiger partial charge < -0.3 is 9.84 Å². The Morgan fingerprint density at radius 1 is 1.37 bits per heavy atom. The summed E-state index contributed by atoms with van der Waals surface area (Å²) in [5.41, 5.74) is 2.42. The zero-order valence-electron chi connectivity index (χ0n) is 11.9. The topological polar surface area (TPSA) is 32.7 Å². The molecule has 3 nitrogen and oxygen atoms in total. The fourth-order valence-electron chi connectivity index (χ4n) is 3.50. The van der Waals surface area contributed by atoms with Crippen LogP contribution in [0.2, 0.25) is 0 Å². The second-order valence-electron chi connectivity index (χ2n) is 6.33. The van der Waals surface area contributed by atoms with Crippen molar-refractivity contribution in [2.75, 3.05) is 19.7 Å². The highest BCUT2D eigenvalue weighted by Crippen LogP contribution is 2.39. The highest BCUT2D eigenvalue weighted by atomic mass is 16.5. The normalized spacial score (nSPS) is 26.9. The van der Waals surface area contributed by atoms with E-state index in [0.717, 1.165) is 38.1 Å². The largest absolute Gasteiger partial charge is 0.508 e. The van der Waals surface area contributed by atoms with Crippen LogP contribution < -0.4 is 0 Å². The van der Waals surface area contributed by atoms with Crippen LogP contribution in [0.5, 0.6) is 5.75 Å². The van der Waals surface area contributed by atoms with E-state index in [1.165, 1.54) is 12.0 Å². The Labute approximate surface area is 115 Å². The molecule has 1 fully saturated rings. The van der Waals surface area contributed by atoms with Gasteiger partial charge in [-0.05, 0) is 50.3 Å². The van der Waals surface area contributed by atoms with Crippen LogP contribution in [0.4, 0.5) is 0 Å². The zero-order chi connectivity index (χ0) is 13.5.